The highest BCUT2D eigenvalue weighted by Gasteiger charge is 2.12. The molecule has 6 heteroatoms. The number of rotatable bonds is 1. The summed E-state index contributed by atoms with van der Waals surface area (Å²) in [5, 5.41) is 7.41. The second-order valence-electron chi connectivity index (χ2n) is 2.06. The van der Waals surface area contributed by atoms with Crippen LogP contribution in [-0.4, -0.2) is 35.1 Å². The number of aromatic nitrogens is 2. The molecule has 1 aromatic rings. The third-order valence-electron chi connectivity index (χ3n) is 0.989. The number of amides is 1. The van der Waals surface area contributed by atoms with Gasteiger partial charge in [-0.3, -0.25) is 4.79 Å². The van der Waals surface area contributed by atoms with Crippen LogP contribution in [0.1, 0.15) is 9.80 Å². The molecule has 0 aliphatic carbocycles. The molecule has 1 aromatic heterocycles. The molecule has 0 unspecified atom stereocenters. The van der Waals surface area contributed by atoms with Gasteiger partial charge in [-0.15, -0.1) is 10.2 Å². The molecule has 1 amide bonds. The zero-order valence-electron chi connectivity index (χ0n) is 6.04. The molecule has 60 valence electrons. The Morgan fingerprint density at radius 1 is 1.55 bits per heavy atom. The van der Waals surface area contributed by atoms with Crippen molar-refractivity contribution in [2.75, 3.05) is 14.1 Å². The quantitative estimate of drug-likeness (QED) is 0.663. The number of halogens is 1. The molecule has 1 rings (SSSR count). The molecule has 0 bridgehead atoms. The summed E-state index contributed by atoms with van der Waals surface area (Å²) in [5.74, 6) is -0.172. The van der Waals surface area contributed by atoms with E-state index in [9.17, 15) is 4.79 Å². The number of hydrogen-bond acceptors (Lipinski definition) is 4. The minimum absolute atomic E-state index is 0.172. The molecule has 0 fully saturated rings. The van der Waals surface area contributed by atoms with Gasteiger partial charge >= 0.3 is 0 Å². The van der Waals surface area contributed by atoms with Crippen LogP contribution in [0, 0.1) is 0 Å². The lowest BCUT2D eigenvalue weighted by Gasteiger charge is -2.05. The fourth-order valence-corrected chi connectivity index (χ4v) is 1.33. The van der Waals surface area contributed by atoms with Crippen LogP contribution in [-0.2, 0) is 0 Å². The van der Waals surface area contributed by atoms with Gasteiger partial charge in [0.25, 0.3) is 5.91 Å². The third-order valence-corrected chi connectivity index (χ3v) is 2.00. The lowest BCUT2D eigenvalue weighted by molar-refractivity contribution is 0.0826. The average Bonchev–Trinajstić information content (AvgIpc) is 2.34. The van der Waals surface area contributed by atoms with Crippen LogP contribution < -0.4 is 0 Å². The van der Waals surface area contributed by atoms with E-state index < -0.39 is 0 Å². The van der Waals surface area contributed by atoms with Crippen molar-refractivity contribution >= 4 is 28.8 Å². The standard InChI is InChI=1S/C5H6ClN3OS/c1-9(2)4(10)3-7-8-5(6)11-3/h1-2H3. The molecule has 0 atom stereocenters. The van der Waals surface area contributed by atoms with Crippen LogP contribution in [0.4, 0.5) is 0 Å². The molecule has 4 nitrogen and oxygen atoms in total. The topological polar surface area (TPSA) is 46.1 Å². The third kappa shape index (κ3) is 1.87. The Morgan fingerprint density at radius 3 is 2.55 bits per heavy atom. The molecular formula is C5H6ClN3OS. The highest BCUT2D eigenvalue weighted by Crippen LogP contribution is 2.15. The summed E-state index contributed by atoms with van der Waals surface area (Å²) >= 11 is 6.56. The number of carbonyl (C=O) groups is 1. The van der Waals surface area contributed by atoms with Gasteiger partial charge in [-0.2, -0.15) is 0 Å². The van der Waals surface area contributed by atoms with Gasteiger partial charge in [0.05, 0.1) is 0 Å². The van der Waals surface area contributed by atoms with Crippen molar-refractivity contribution in [2.45, 2.75) is 0 Å². The van der Waals surface area contributed by atoms with Crippen LogP contribution in [0.5, 0.6) is 0 Å². The van der Waals surface area contributed by atoms with E-state index >= 15 is 0 Å². The summed E-state index contributed by atoms with van der Waals surface area (Å²) < 4.78 is 0.287. The smallest absolute Gasteiger partial charge is 0.284 e. The first kappa shape index (κ1) is 8.42. The van der Waals surface area contributed by atoms with Crippen LogP contribution in [0.2, 0.25) is 4.47 Å². The predicted octanol–water partition coefficient (Wildman–Crippen LogP) is 0.893. The van der Waals surface area contributed by atoms with Crippen molar-refractivity contribution in [1.82, 2.24) is 15.1 Å². The van der Waals surface area contributed by atoms with Crippen molar-refractivity contribution in [3.63, 3.8) is 0 Å². The Hall–Kier alpha value is -0.680. The van der Waals surface area contributed by atoms with Crippen LogP contribution >= 0.6 is 22.9 Å². The summed E-state index contributed by atoms with van der Waals surface area (Å²) in [6, 6.07) is 0. The summed E-state index contributed by atoms with van der Waals surface area (Å²) in [4.78, 5) is 12.6. The van der Waals surface area contributed by atoms with Gasteiger partial charge in [0.15, 0.2) is 0 Å². The number of nitrogens with zero attached hydrogens (tertiary/aromatic N) is 3. The van der Waals surface area contributed by atoms with Crippen molar-refractivity contribution in [1.29, 1.82) is 0 Å². The molecule has 0 aliphatic rings. The molecule has 0 radical (unpaired) electrons. The first-order valence-electron chi connectivity index (χ1n) is 2.82. The van der Waals surface area contributed by atoms with E-state index in [1.54, 1.807) is 14.1 Å². The van der Waals surface area contributed by atoms with Gasteiger partial charge in [-0.25, -0.2) is 0 Å². The van der Waals surface area contributed by atoms with E-state index in [4.69, 9.17) is 11.6 Å². The first-order chi connectivity index (χ1) is 5.11. The van der Waals surface area contributed by atoms with E-state index in [0.717, 1.165) is 11.3 Å². The Balaban J connectivity index is 2.85. The predicted molar refractivity (Wildman–Crippen MR) is 42.9 cm³/mol. The summed E-state index contributed by atoms with van der Waals surface area (Å²) in [6.45, 7) is 0. The second-order valence-corrected chi connectivity index (χ2v) is 3.62. The minimum atomic E-state index is -0.172. The maximum atomic E-state index is 11.1. The Bertz CT molecular complexity index is 272. The van der Waals surface area contributed by atoms with Gasteiger partial charge in [-0.1, -0.05) is 11.3 Å². The van der Waals surface area contributed by atoms with Crippen molar-refractivity contribution in [3.8, 4) is 0 Å². The normalized spacial score (nSPS) is 9.73. The molecule has 0 N–H and O–H groups in total. The van der Waals surface area contributed by atoms with Crippen molar-refractivity contribution < 1.29 is 4.79 Å². The summed E-state index contributed by atoms with van der Waals surface area (Å²) in [7, 11) is 3.30. The Kier molecular flexibility index (Phi) is 2.41. The molecule has 11 heavy (non-hydrogen) atoms. The fraction of sp³-hybridized carbons (Fsp3) is 0.400. The van der Waals surface area contributed by atoms with Gasteiger partial charge < -0.3 is 4.90 Å². The second kappa shape index (κ2) is 3.15. The number of carbonyl (C=O) groups excluding carboxylic acids is 1. The molecule has 0 aliphatic heterocycles. The highest BCUT2D eigenvalue weighted by molar-refractivity contribution is 7.17. The monoisotopic (exact) mass is 191 g/mol. The maximum Gasteiger partial charge on any atom is 0.284 e. The first-order valence-corrected chi connectivity index (χ1v) is 4.01. The summed E-state index contributed by atoms with van der Waals surface area (Å²) in [6.07, 6.45) is 0. The molecule has 0 spiro atoms. The van der Waals surface area contributed by atoms with E-state index in [1.165, 1.54) is 4.90 Å². The lowest BCUT2D eigenvalue weighted by Crippen LogP contribution is -2.21. The average molecular weight is 192 g/mol. The minimum Gasteiger partial charge on any atom is -0.343 e. The van der Waals surface area contributed by atoms with E-state index in [-0.39, 0.29) is 10.4 Å². The van der Waals surface area contributed by atoms with Crippen molar-refractivity contribution in [3.05, 3.63) is 9.47 Å². The zero-order chi connectivity index (χ0) is 8.43. The van der Waals surface area contributed by atoms with Gasteiger partial charge in [0.2, 0.25) is 9.47 Å². The molecule has 0 saturated carbocycles. The van der Waals surface area contributed by atoms with E-state index in [1.807, 2.05) is 0 Å². The van der Waals surface area contributed by atoms with Gasteiger partial charge in [-0.05, 0) is 11.6 Å². The van der Waals surface area contributed by atoms with Crippen LogP contribution in [0.15, 0.2) is 0 Å². The Morgan fingerprint density at radius 2 is 2.18 bits per heavy atom. The Labute approximate surface area is 72.8 Å². The van der Waals surface area contributed by atoms with E-state index in [0.29, 0.717) is 5.01 Å². The molecule has 0 saturated heterocycles. The zero-order valence-corrected chi connectivity index (χ0v) is 7.61. The fourth-order valence-electron chi connectivity index (χ4n) is 0.483. The van der Waals surface area contributed by atoms with Gasteiger partial charge in [0, 0.05) is 14.1 Å². The van der Waals surface area contributed by atoms with Crippen LogP contribution in [0.3, 0.4) is 0 Å². The lowest BCUT2D eigenvalue weighted by atomic mass is 10.6. The summed E-state index contributed by atoms with van der Waals surface area (Å²) in [5.41, 5.74) is 0. The molecule has 0 aromatic carbocycles. The molecule has 1 heterocycles. The van der Waals surface area contributed by atoms with Gasteiger partial charge in [0.1, 0.15) is 0 Å². The maximum absolute atomic E-state index is 11.1. The van der Waals surface area contributed by atoms with E-state index in [2.05, 4.69) is 10.2 Å². The van der Waals surface area contributed by atoms with Crippen molar-refractivity contribution in [2.24, 2.45) is 0 Å². The number of hydrogen-bond donors (Lipinski definition) is 0. The van der Waals surface area contributed by atoms with Crippen LogP contribution in [0.25, 0.3) is 0 Å². The largest absolute Gasteiger partial charge is 0.343 e. The SMILES string of the molecule is CN(C)C(=O)c1nnc(Cl)s1. The highest BCUT2D eigenvalue weighted by atomic mass is 35.5. The molecular weight excluding hydrogens is 186 g/mol.